The molecule has 1 unspecified atom stereocenters. The average molecular weight is 315 g/mol. The highest BCUT2D eigenvalue weighted by molar-refractivity contribution is 6.42. The van der Waals surface area contributed by atoms with Crippen molar-refractivity contribution in [1.29, 1.82) is 0 Å². The fraction of sp³-hybridized carbons (Fsp3) is 0.533. The van der Waals surface area contributed by atoms with Gasteiger partial charge >= 0.3 is 0 Å². The Bertz CT molecular complexity index is 473. The lowest BCUT2D eigenvalue weighted by Gasteiger charge is -2.19. The minimum Gasteiger partial charge on any atom is -0.341 e. The number of amides is 1. The number of nitrogens with one attached hydrogen (secondary N) is 1. The molecule has 1 atom stereocenters. The van der Waals surface area contributed by atoms with E-state index in [0.29, 0.717) is 28.9 Å². The second-order valence-corrected chi connectivity index (χ2v) is 6.15. The van der Waals surface area contributed by atoms with Crippen LogP contribution in [0.2, 0.25) is 10.0 Å². The van der Waals surface area contributed by atoms with Crippen molar-refractivity contribution in [2.24, 2.45) is 5.92 Å². The van der Waals surface area contributed by atoms with Gasteiger partial charge in [-0.1, -0.05) is 35.3 Å². The fourth-order valence-electron chi connectivity index (χ4n) is 2.49. The molecule has 0 saturated carbocycles. The van der Waals surface area contributed by atoms with Crippen molar-refractivity contribution in [2.45, 2.75) is 25.8 Å². The first-order valence-electron chi connectivity index (χ1n) is 6.95. The second-order valence-electron chi connectivity index (χ2n) is 5.36. The van der Waals surface area contributed by atoms with Crippen LogP contribution in [0.5, 0.6) is 0 Å². The van der Waals surface area contributed by atoms with Crippen LogP contribution in [0, 0.1) is 5.92 Å². The molecule has 1 saturated heterocycles. The molecule has 1 heterocycles. The van der Waals surface area contributed by atoms with E-state index in [1.807, 2.05) is 19.2 Å². The summed E-state index contributed by atoms with van der Waals surface area (Å²) in [6.07, 6.45) is 2.73. The van der Waals surface area contributed by atoms with Crippen LogP contribution in [0.4, 0.5) is 0 Å². The number of hydrogen-bond donors (Lipinski definition) is 1. The predicted molar refractivity (Wildman–Crippen MR) is 83.1 cm³/mol. The summed E-state index contributed by atoms with van der Waals surface area (Å²) in [5, 5.41) is 4.39. The van der Waals surface area contributed by atoms with Gasteiger partial charge in [-0.25, -0.2) is 0 Å². The Hall–Kier alpha value is -0.770. The van der Waals surface area contributed by atoms with Crippen LogP contribution in [0.15, 0.2) is 18.2 Å². The smallest absolute Gasteiger partial charge is 0.222 e. The molecule has 110 valence electrons. The van der Waals surface area contributed by atoms with E-state index < -0.39 is 0 Å². The van der Waals surface area contributed by atoms with Gasteiger partial charge in [-0.05, 0) is 43.5 Å². The van der Waals surface area contributed by atoms with Crippen molar-refractivity contribution in [1.82, 2.24) is 10.2 Å². The summed E-state index contributed by atoms with van der Waals surface area (Å²) in [5.74, 6) is 0.801. The molecule has 20 heavy (non-hydrogen) atoms. The van der Waals surface area contributed by atoms with Gasteiger partial charge in [-0.3, -0.25) is 4.79 Å². The molecular formula is C15H20Cl2N2O. The molecule has 2 rings (SSSR count). The normalized spacial score (nSPS) is 18.2. The summed E-state index contributed by atoms with van der Waals surface area (Å²) in [5.41, 5.74) is 0.887. The van der Waals surface area contributed by atoms with Gasteiger partial charge in [0.1, 0.15) is 0 Å². The van der Waals surface area contributed by atoms with E-state index in [1.54, 1.807) is 11.0 Å². The van der Waals surface area contributed by atoms with Crippen LogP contribution in [-0.4, -0.2) is 30.9 Å². The first kappa shape index (κ1) is 15.6. The van der Waals surface area contributed by atoms with Gasteiger partial charge in [0.05, 0.1) is 10.0 Å². The van der Waals surface area contributed by atoms with E-state index in [1.165, 1.54) is 6.42 Å². The van der Waals surface area contributed by atoms with Crippen LogP contribution in [-0.2, 0) is 11.3 Å². The van der Waals surface area contributed by atoms with Gasteiger partial charge in [-0.2, -0.15) is 0 Å². The molecule has 5 heteroatoms. The molecule has 1 N–H and O–H groups in total. The molecule has 0 spiro atoms. The van der Waals surface area contributed by atoms with Crippen molar-refractivity contribution >= 4 is 29.1 Å². The number of benzene rings is 1. The topological polar surface area (TPSA) is 32.3 Å². The summed E-state index contributed by atoms with van der Waals surface area (Å²) in [7, 11) is 1.81. The van der Waals surface area contributed by atoms with E-state index in [2.05, 4.69) is 5.32 Å². The SMILES string of the molecule is CN(Cc1cccc(Cl)c1Cl)C(=O)CCC1CCNC1. The third-order valence-corrected chi connectivity index (χ3v) is 4.65. The van der Waals surface area contributed by atoms with Crippen molar-refractivity contribution in [3.8, 4) is 0 Å². The Kier molecular flexibility index (Phi) is 5.70. The summed E-state index contributed by atoms with van der Waals surface area (Å²) in [4.78, 5) is 13.9. The number of hydrogen-bond acceptors (Lipinski definition) is 2. The second kappa shape index (κ2) is 7.30. The monoisotopic (exact) mass is 314 g/mol. The molecule has 3 nitrogen and oxygen atoms in total. The molecule has 0 radical (unpaired) electrons. The van der Waals surface area contributed by atoms with Crippen molar-refractivity contribution in [2.75, 3.05) is 20.1 Å². The third kappa shape index (κ3) is 4.11. The Balaban J connectivity index is 1.85. The van der Waals surface area contributed by atoms with Crippen LogP contribution >= 0.6 is 23.2 Å². The Morgan fingerprint density at radius 1 is 1.45 bits per heavy atom. The van der Waals surface area contributed by atoms with Gasteiger partial charge in [0.25, 0.3) is 0 Å². The van der Waals surface area contributed by atoms with Crippen LogP contribution < -0.4 is 5.32 Å². The van der Waals surface area contributed by atoms with Crippen LogP contribution in [0.1, 0.15) is 24.8 Å². The molecular weight excluding hydrogens is 295 g/mol. The van der Waals surface area contributed by atoms with Crippen molar-refractivity contribution in [3.63, 3.8) is 0 Å². The maximum absolute atomic E-state index is 12.1. The van der Waals surface area contributed by atoms with Gasteiger partial charge < -0.3 is 10.2 Å². The number of halogens is 2. The van der Waals surface area contributed by atoms with E-state index >= 15 is 0 Å². The summed E-state index contributed by atoms with van der Waals surface area (Å²) < 4.78 is 0. The summed E-state index contributed by atoms with van der Waals surface area (Å²) >= 11 is 12.1. The van der Waals surface area contributed by atoms with Crippen molar-refractivity contribution in [3.05, 3.63) is 33.8 Å². The lowest BCUT2D eigenvalue weighted by Crippen LogP contribution is -2.26. The van der Waals surface area contributed by atoms with E-state index in [4.69, 9.17) is 23.2 Å². The molecule has 1 amide bonds. The quantitative estimate of drug-likeness (QED) is 0.904. The number of nitrogens with zero attached hydrogens (tertiary/aromatic N) is 1. The lowest BCUT2D eigenvalue weighted by atomic mass is 10.0. The predicted octanol–water partition coefficient (Wildman–Crippen LogP) is 3.34. The molecule has 1 aromatic rings. The largest absolute Gasteiger partial charge is 0.341 e. The maximum Gasteiger partial charge on any atom is 0.222 e. The lowest BCUT2D eigenvalue weighted by molar-refractivity contribution is -0.130. The third-order valence-electron chi connectivity index (χ3n) is 3.79. The van der Waals surface area contributed by atoms with Crippen LogP contribution in [0.3, 0.4) is 0 Å². The van der Waals surface area contributed by atoms with E-state index in [0.717, 1.165) is 25.1 Å². The first-order valence-corrected chi connectivity index (χ1v) is 7.71. The highest BCUT2D eigenvalue weighted by Crippen LogP contribution is 2.26. The summed E-state index contributed by atoms with van der Waals surface area (Å²) in [6.45, 7) is 2.62. The van der Waals surface area contributed by atoms with Crippen LogP contribution in [0.25, 0.3) is 0 Å². The average Bonchev–Trinajstić information content (AvgIpc) is 2.94. The first-order chi connectivity index (χ1) is 9.58. The molecule has 1 aliphatic heterocycles. The Morgan fingerprint density at radius 2 is 2.25 bits per heavy atom. The molecule has 0 bridgehead atoms. The number of carbonyl (C=O) groups is 1. The van der Waals surface area contributed by atoms with Gasteiger partial charge in [0, 0.05) is 20.0 Å². The van der Waals surface area contributed by atoms with E-state index in [-0.39, 0.29) is 5.91 Å². The maximum atomic E-state index is 12.1. The highest BCUT2D eigenvalue weighted by atomic mass is 35.5. The van der Waals surface area contributed by atoms with Gasteiger partial charge in [0.15, 0.2) is 0 Å². The highest BCUT2D eigenvalue weighted by Gasteiger charge is 2.18. The molecule has 0 aromatic heterocycles. The number of rotatable bonds is 5. The van der Waals surface area contributed by atoms with Crippen molar-refractivity contribution < 1.29 is 4.79 Å². The fourth-order valence-corrected chi connectivity index (χ4v) is 2.87. The Labute approximate surface area is 130 Å². The minimum atomic E-state index is 0.160. The molecule has 1 aromatic carbocycles. The zero-order valence-electron chi connectivity index (χ0n) is 11.7. The minimum absolute atomic E-state index is 0.160. The zero-order chi connectivity index (χ0) is 14.5. The van der Waals surface area contributed by atoms with Gasteiger partial charge in [0.2, 0.25) is 5.91 Å². The molecule has 0 aliphatic carbocycles. The van der Waals surface area contributed by atoms with E-state index in [9.17, 15) is 4.79 Å². The number of carbonyl (C=O) groups excluding carboxylic acids is 1. The zero-order valence-corrected chi connectivity index (χ0v) is 13.2. The van der Waals surface area contributed by atoms with Gasteiger partial charge in [-0.15, -0.1) is 0 Å². The Morgan fingerprint density at radius 3 is 2.95 bits per heavy atom. The molecule has 1 aliphatic rings. The molecule has 1 fully saturated rings. The summed E-state index contributed by atoms with van der Waals surface area (Å²) in [6, 6.07) is 5.51. The standard InChI is InChI=1S/C15H20Cl2N2O/c1-19(10-12-3-2-4-13(16)15(12)17)14(20)6-5-11-7-8-18-9-11/h2-4,11,18H,5-10H2,1H3.